The van der Waals surface area contributed by atoms with E-state index in [9.17, 15) is 4.79 Å². The predicted molar refractivity (Wildman–Crippen MR) is 104 cm³/mol. The van der Waals surface area contributed by atoms with Crippen molar-refractivity contribution < 1.29 is 0 Å². The Morgan fingerprint density at radius 3 is 2.68 bits per heavy atom. The first-order chi connectivity index (χ1) is 12.1. The van der Waals surface area contributed by atoms with Crippen molar-refractivity contribution in [2.45, 2.75) is 33.2 Å². The van der Waals surface area contributed by atoms with Crippen LogP contribution in [0.3, 0.4) is 0 Å². The molecule has 1 aliphatic heterocycles. The minimum atomic E-state index is -0.0198. The summed E-state index contributed by atoms with van der Waals surface area (Å²) < 4.78 is 0. The number of aromatic nitrogens is 2. The van der Waals surface area contributed by atoms with E-state index in [1.165, 1.54) is 12.8 Å². The van der Waals surface area contributed by atoms with Crippen molar-refractivity contribution in [1.82, 2.24) is 14.9 Å². The third-order valence-corrected chi connectivity index (χ3v) is 6.10. The molecule has 2 aromatic heterocycles. The number of nitrogens with zero attached hydrogens (tertiary/aromatic N) is 2. The third-order valence-electron chi connectivity index (χ3n) is 5.10. The van der Waals surface area contributed by atoms with Crippen LogP contribution in [-0.2, 0) is 6.54 Å². The first kappa shape index (κ1) is 16.5. The Bertz CT molecular complexity index is 937. The molecule has 0 atom stereocenters. The zero-order valence-corrected chi connectivity index (χ0v) is 15.5. The lowest BCUT2D eigenvalue weighted by Gasteiger charge is -2.29. The second-order valence-corrected chi connectivity index (χ2v) is 8.25. The molecular formula is C20H23N3OS. The van der Waals surface area contributed by atoms with E-state index in [1.54, 1.807) is 11.3 Å². The first-order valence-corrected chi connectivity index (χ1v) is 9.73. The Morgan fingerprint density at radius 2 is 1.96 bits per heavy atom. The van der Waals surface area contributed by atoms with Crippen LogP contribution in [0.2, 0.25) is 0 Å². The Hall–Kier alpha value is -1.98. The van der Waals surface area contributed by atoms with E-state index in [4.69, 9.17) is 4.98 Å². The average molecular weight is 353 g/mol. The lowest BCUT2D eigenvalue weighted by molar-refractivity contribution is 0.181. The van der Waals surface area contributed by atoms with E-state index in [1.807, 2.05) is 18.2 Å². The smallest absolute Gasteiger partial charge is 0.260 e. The number of likely N-dealkylation sites (tertiary alicyclic amines) is 1. The van der Waals surface area contributed by atoms with E-state index in [2.05, 4.69) is 35.9 Å². The summed E-state index contributed by atoms with van der Waals surface area (Å²) in [4.78, 5) is 25.0. The number of aromatic amines is 1. The van der Waals surface area contributed by atoms with Gasteiger partial charge in [0, 0.05) is 10.4 Å². The maximum absolute atomic E-state index is 12.8. The third kappa shape index (κ3) is 3.26. The van der Waals surface area contributed by atoms with Crippen molar-refractivity contribution in [2.24, 2.45) is 5.92 Å². The van der Waals surface area contributed by atoms with Crippen molar-refractivity contribution in [3.63, 3.8) is 0 Å². The number of rotatable bonds is 3. The first-order valence-electron chi connectivity index (χ1n) is 8.92. The molecule has 1 aliphatic rings. The zero-order valence-electron chi connectivity index (χ0n) is 14.7. The van der Waals surface area contributed by atoms with Gasteiger partial charge in [0.15, 0.2) is 0 Å². The van der Waals surface area contributed by atoms with Gasteiger partial charge in [0.05, 0.1) is 11.9 Å². The molecule has 130 valence electrons. The van der Waals surface area contributed by atoms with Crippen molar-refractivity contribution in [1.29, 1.82) is 0 Å². The number of hydrogen-bond acceptors (Lipinski definition) is 4. The lowest BCUT2D eigenvalue weighted by Crippen LogP contribution is -2.33. The van der Waals surface area contributed by atoms with E-state index >= 15 is 0 Å². The molecule has 1 N–H and O–H groups in total. The second-order valence-electron chi connectivity index (χ2n) is 7.05. The summed E-state index contributed by atoms with van der Waals surface area (Å²) in [6, 6.07) is 10.1. The second kappa shape index (κ2) is 6.73. The molecule has 0 spiro atoms. The van der Waals surface area contributed by atoms with Crippen LogP contribution in [0.4, 0.5) is 0 Å². The minimum absolute atomic E-state index is 0.0198. The van der Waals surface area contributed by atoms with Crippen molar-refractivity contribution in [3.8, 4) is 11.1 Å². The van der Waals surface area contributed by atoms with Gasteiger partial charge >= 0.3 is 0 Å². The van der Waals surface area contributed by atoms with Gasteiger partial charge in [-0.2, -0.15) is 0 Å². The van der Waals surface area contributed by atoms with Gasteiger partial charge in [-0.15, -0.1) is 11.3 Å². The Balaban J connectivity index is 1.71. The van der Waals surface area contributed by atoms with Gasteiger partial charge in [0.2, 0.25) is 0 Å². The Morgan fingerprint density at radius 1 is 1.24 bits per heavy atom. The molecule has 1 saturated heterocycles. The van der Waals surface area contributed by atoms with Crippen LogP contribution in [0.25, 0.3) is 21.3 Å². The number of fused-ring (bicyclic) bond motifs is 1. The fraction of sp³-hybridized carbons (Fsp3) is 0.400. The normalized spacial score (nSPS) is 16.6. The summed E-state index contributed by atoms with van der Waals surface area (Å²) in [5, 5.41) is 0.727. The fourth-order valence-electron chi connectivity index (χ4n) is 3.62. The quantitative estimate of drug-likeness (QED) is 0.768. The summed E-state index contributed by atoms with van der Waals surface area (Å²) >= 11 is 1.61. The molecule has 0 radical (unpaired) electrons. The van der Waals surface area contributed by atoms with Crippen LogP contribution in [0.5, 0.6) is 0 Å². The molecule has 5 heteroatoms. The molecule has 0 aliphatic carbocycles. The Labute approximate surface area is 151 Å². The molecule has 0 saturated carbocycles. The largest absolute Gasteiger partial charge is 0.309 e. The van der Waals surface area contributed by atoms with Crippen LogP contribution in [0.1, 0.15) is 30.5 Å². The number of benzene rings is 1. The molecule has 4 nitrogen and oxygen atoms in total. The highest BCUT2D eigenvalue weighted by Gasteiger charge is 2.19. The van der Waals surface area contributed by atoms with Gasteiger partial charge in [-0.3, -0.25) is 9.69 Å². The summed E-state index contributed by atoms with van der Waals surface area (Å²) in [5.74, 6) is 1.59. The summed E-state index contributed by atoms with van der Waals surface area (Å²) in [6.07, 6.45) is 2.45. The highest BCUT2D eigenvalue weighted by Crippen LogP contribution is 2.35. The van der Waals surface area contributed by atoms with Gasteiger partial charge in [0.1, 0.15) is 10.7 Å². The van der Waals surface area contributed by atoms with E-state index in [0.29, 0.717) is 0 Å². The van der Waals surface area contributed by atoms with Gasteiger partial charge in [-0.25, -0.2) is 4.98 Å². The van der Waals surface area contributed by atoms with Gasteiger partial charge in [0.25, 0.3) is 5.56 Å². The number of piperidine rings is 1. The predicted octanol–water partition coefficient (Wildman–Crippen LogP) is 4.19. The van der Waals surface area contributed by atoms with E-state index in [0.717, 1.165) is 57.6 Å². The molecule has 0 unspecified atom stereocenters. The van der Waals surface area contributed by atoms with Crippen molar-refractivity contribution >= 4 is 21.6 Å². The zero-order chi connectivity index (χ0) is 17.4. The van der Waals surface area contributed by atoms with E-state index < -0.39 is 0 Å². The molecule has 0 amide bonds. The SMILES string of the molecule is Cc1sc2nc(CN3CCC(C)CC3)[nH]c(=O)c2c1-c1ccccc1. The molecular weight excluding hydrogens is 330 g/mol. The number of nitrogens with one attached hydrogen (secondary N) is 1. The molecule has 4 rings (SSSR count). The molecule has 1 fully saturated rings. The highest BCUT2D eigenvalue weighted by atomic mass is 32.1. The number of thiophene rings is 1. The summed E-state index contributed by atoms with van der Waals surface area (Å²) in [5.41, 5.74) is 2.08. The molecule has 1 aromatic carbocycles. The Kier molecular flexibility index (Phi) is 4.44. The number of aryl methyl sites for hydroxylation is 1. The highest BCUT2D eigenvalue weighted by molar-refractivity contribution is 7.19. The van der Waals surface area contributed by atoms with Gasteiger partial charge < -0.3 is 4.98 Å². The monoisotopic (exact) mass is 353 g/mol. The molecule has 3 heterocycles. The average Bonchev–Trinajstić information content (AvgIpc) is 2.94. The topological polar surface area (TPSA) is 49.0 Å². The van der Waals surface area contributed by atoms with Crippen LogP contribution < -0.4 is 5.56 Å². The van der Waals surface area contributed by atoms with Gasteiger partial charge in [-0.05, 0) is 44.3 Å². The van der Waals surface area contributed by atoms with E-state index in [-0.39, 0.29) is 5.56 Å². The maximum Gasteiger partial charge on any atom is 0.260 e. The van der Waals surface area contributed by atoms with Crippen LogP contribution in [-0.4, -0.2) is 28.0 Å². The van der Waals surface area contributed by atoms with Crippen LogP contribution >= 0.6 is 11.3 Å². The summed E-state index contributed by atoms with van der Waals surface area (Å²) in [6.45, 7) is 7.28. The van der Waals surface area contributed by atoms with Crippen LogP contribution in [0, 0.1) is 12.8 Å². The minimum Gasteiger partial charge on any atom is -0.309 e. The molecule has 0 bridgehead atoms. The molecule has 3 aromatic rings. The molecule has 25 heavy (non-hydrogen) atoms. The lowest BCUT2D eigenvalue weighted by atomic mass is 9.99. The summed E-state index contributed by atoms with van der Waals surface area (Å²) in [7, 11) is 0. The van der Waals surface area contributed by atoms with Crippen LogP contribution in [0.15, 0.2) is 35.1 Å². The number of H-pyrrole nitrogens is 1. The fourth-order valence-corrected chi connectivity index (χ4v) is 4.69. The van der Waals surface area contributed by atoms with Crippen molar-refractivity contribution in [2.75, 3.05) is 13.1 Å². The standard InChI is InChI=1S/C20H23N3OS/c1-13-8-10-23(11-9-13)12-16-21-19(24)18-17(14(2)25-20(18)22-16)15-6-4-3-5-7-15/h3-7,13H,8-12H2,1-2H3,(H,21,22,24). The van der Waals surface area contributed by atoms with Crippen molar-refractivity contribution in [3.05, 3.63) is 51.4 Å². The number of hydrogen-bond donors (Lipinski definition) is 1. The van der Waals surface area contributed by atoms with Gasteiger partial charge in [-0.1, -0.05) is 37.3 Å². The maximum atomic E-state index is 12.8.